The first kappa shape index (κ1) is 11.0. The van der Waals surface area contributed by atoms with Gasteiger partial charge in [0.2, 0.25) is 0 Å². The number of fused-ring (bicyclic) bond motifs is 1. The second kappa shape index (κ2) is 3.51. The predicted molar refractivity (Wildman–Crippen MR) is 63.8 cm³/mol. The average Bonchev–Trinajstić information content (AvgIpc) is 2.63. The van der Waals surface area contributed by atoms with Gasteiger partial charge in [0.25, 0.3) is 0 Å². The van der Waals surface area contributed by atoms with Gasteiger partial charge in [-0.1, -0.05) is 12.1 Å². The van der Waals surface area contributed by atoms with Gasteiger partial charge < -0.3 is 10.4 Å². The van der Waals surface area contributed by atoms with Crippen molar-refractivity contribution < 1.29 is 9.90 Å². The molecule has 1 aromatic carbocycles. The molecule has 1 atom stereocenters. The van der Waals surface area contributed by atoms with Crippen LogP contribution in [0.25, 0.3) is 0 Å². The van der Waals surface area contributed by atoms with Crippen molar-refractivity contribution in [3.05, 3.63) is 29.3 Å². The highest BCUT2D eigenvalue weighted by molar-refractivity contribution is 5.77. The highest BCUT2D eigenvalue weighted by Gasteiger charge is 2.41. The van der Waals surface area contributed by atoms with Crippen LogP contribution in [0, 0.1) is 12.3 Å². The number of nitrogens with one attached hydrogen (secondary N) is 1. The predicted octanol–water partition coefficient (Wildman–Crippen LogP) is 2.61. The van der Waals surface area contributed by atoms with E-state index in [0.717, 1.165) is 11.3 Å². The topological polar surface area (TPSA) is 49.3 Å². The molecule has 0 aliphatic carbocycles. The summed E-state index contributed by atoms with van der Waals surface area (Å²) in [5.41, 5.74) is 2.68. The van der Waals surface area contributed by atoms with Gasteiger partial charge in [0.15, 0.2) is 0 Å². The van der Waals surface area contributed by atoms with Gasteiger partial charge in [-0.15, -0.1) is 0 Å². The summed E-state index contributed by atoms with van der Waals surface area (Å²) in [6.45, 7) is 6.34. The molecule has 0 saturated heterocycles. The number of anilines is 1. The molecule has 2 rings (SSSR count). The Morgan fingerprint density at radius 3 is 2.81 bits per heavy atom. The quantitative estimate of drug-likeness (QED) is 0.803. The number of rotatable bonds is 2. The lowest BCUT2D eigenvalue weighted by atomic mass is 9.75. The van der Waals surface area contributed by atoms with Gasteiger partial charge in [-0.3, -0.25) is 4.79 Å². The molecule has 1 heterocycles. The molecule has 1 unspecified atom stereocenters. The van der Waals surface area contributed by atoms with E-state index in [1.54, 1.807) is 13.8 Å². The molecular weight excluding hydrogens is 202 g/mol. The molecule has 0 amide bonds. The third-order valence-corrected chi connectivity index (χ3v) is 3.59. The minimum absolute atomic E-state index is 0.0428. The maximum Gasteiger partial charge on any atom is 0.309 e. The summed E-state index contributed by atoms with van der Waals surface area (Å²) in [6, 6.07) is 6.05. The summed E-state index contributed by atoms with van der Waals surface area (Å²) in [7, 11) is 0. The number of hydrogen-bond donors (Lipinski definition) is 2. The van der Waals surface area contributed by atoms with Gasteiger partial charge in [-0.2, -0.15) is 0 Å². The monoisotopic (exact) mass is 219 g/mol. The molecule has 0 fully saturated rings. The Hall–Kier alpha value is -1.51. The molecule has 3 heteroatoms. The van der Waals surface area contributed by atoms with Crippen molar-refractivity contribution in [1.82, 2.24) is 0 Å². The van der Waals surface area contributed by atoms with Gasteiger partial charge in [-0.05, 0) is 38.0 Å². The van der Waals surface area contributed by atoms with Gasteiger partial charge >= 0.3 is 5.97 Å². The first-order chi connectivity index (χ1) is 7.44. The van der Waals surface area contributed by atoms with Crippen molar-refractivity contribution in [3.8, 4) is 0 Å². The molecule has 0 radical (unpaired) electrons. The molecule has 3 nitrogen and oxygen atoms in total. The van der Waals surface area contributed by atoms with E-state index in [-0.39, 0.29) is 5.92 Å². The van der Waals surface area contributed by atoms with Gasteiger partial charge in [0.1, 0.15) is 0 Å². The number of benzene rings is 1. The summed E-state index contributed by atoms with van der Waals surface area (Å²) in [4.78, 5) is 11.3. The first-order valence-corrected chi connectivity index (χ1v) is 5.51. The van der Waals surface area contributed by atoms with E-state index in [1.165, 1.54) is 5.56 Å². The summed E-state index contributed by atoms with van der Waals surface area (Å²) in [5.74, 6) is -0.698. The van der Waals surface area contributed by atoms with E-state index in [9.17, 15) is 9.90 Å². The van der Waals surface area contributed by atoms with Crippen LogP contribution in [0.1, 0.15) is 30.9 Å². The molecule has 0 saturated carbocycles. The third-order valence-electron chi connectivity index (χ3n) is 3.59. The smallest absolute Gasteiger partial charge is 0.309 e. The zero-order chi connectivity index (χ0) is 11.9. The largest absolute Gasteiger partial charge is 0.481 e. The lowest BCUT2D eigenvalue weighted by Crippen LogP contribution is -2.32. The Labute approximate surface area is 95.5 Å². The number of aryl methyl sites for hydroxylation is 1. The van der Waals surface area contributed by atoms with Crippen LogP contribution in [0.4, 0.5) is 5.69 Å². The SMILES string of the molecule is Cc1cccc2c1C(C(C)(C)C(=O)O)CN2. The molecule has 0 spiro atoms. The number of hydrogen-bond acceptors (Lipinski definition) is 2. The lowest BCUT2D eigenvalue weighted by Gasteiger charge is -2.27. The van der Waals surface area contributed by atoms with E-state index in [2.05, 4.69) is 5.32 Å². The number of carboxylic acid groups (broad SMARTS) is 1. The van der Waals surface area contributed by atoms with E-state index >= 15 is 0 Å². The van der Waals surface area contributed by atoms with Crippen molar-refractivity contribution >= 4 is 11.7 Å². The van der Waals surface area contributed by atoms with E-state index in [1.807, 2.05) is 25.1 Å². The van der Waals surface area contributed by atoms with E-state index < -0.39 is 11.4 Å². The zero-order valence-electron chi connectivity index (χ0n) is 9.87. The summed E-state index contributed by atoms with van der Waals surface area (Å²) >= 11 is 0. The Kier molecular flexibility index (Phi) is 2.41. The molecule has 0 bridgehead atoms. The molecule has 16 heavy (non-hydrogen) atoms. The highest BCUT2D eigenvalue weighted by atomic mass is 16.4. The highest BCUT2D eigenvalue weighted by Crippen LogP contribution is 2.44. The fraction of sp³-hybridized carbons (Fsp3) is 0.462. The molecule has 1 aromatic rings. The third kappa shape index (κ3) is 1.47. The Bertz CT molecular complexity index is 438. The Morgan fingerprint density at radius 1 is 1.50 bits per heavy atom. The molecule has 0 aromatic heterocycles. The van der Waals surface area contributed by atoms with E-state index in [0.29, 0.717) is 6.54 Å². The minimum Gasteiger partial charge on any atom is -0.481 e. The van der Waals surface area contributed by atoms with Crippen LogP contribution < -0.4 is 5.32 Å². The van der Waals surface area contributed by atoms with Crippen molar-refractivity contribution in [1.29, 1.82) is 0 Å². The fourth-order valence-electron chi connectivity index (χ4n) is 2.38. The van der Waals surface area contributed by atoms with Crippen LogP contribution in [0.3, 0.4) is 0 Å². The minimum atomic E-state index is -0.740. The van der Waals surface area contributed by atoms with Crippen LogP contribution in [-0.2, 0) is 4.79 Å². The number of carbonyl (C=O) groups is 1. The maximum absolute atomic E-state index is 11.3. The average molecular weight is 219 g/mol. The van der Waals surface area contributed by atoms with Gasteiger partial charge in [0, 0.05) is 18.2 Å². The van der Waals surface area contributed by atoms with Crippen molar-refractivity contribution in [2.24, 2.45) is 5.41 Å². The molecule has 1 aliphatic rings. The maximum atomic E-state index is 11.3. The first-order valence-electron chi connectivity index (χ1n) is 5.51. The van der Waals surface area contributed by atoms with Crippen molar-refractivity contribution in [3.63, 3.8) is 0 Å². The number of carboxylic acids is 1. The second-order valence-corrected chi connectivity index (χ2v) is 5.00. The Morgan fingerprint density at radius 2 is 2.19 bits per heavy atom. The van der Waals surface area contributed by atoms with Gasteiger partial charge in [-0.25, -0.2) is 0 Å². The van der Waals surface area contributed by atoms with Crippen molar-refractivity contribution in [2.75, 3.05) is 11.9 Å². The number of aliphatic carboxylic acids is 1. The van der Waals surface area contributed by atoms with Crippen LogP contribution >= 0.6 is 0 Å². The molecular formula is C13H17NO2. The normalized spacial score (nSPS) is 19.1. The summed E-state index contributed by atoms with van der Waals surface area (Å²) in [6.07, 6.45) is 0. The summed E-state index contributed by atoms with van der Waals surface area (Å²) < 4.78 is 0. The second-order valence-electron chi connectivity index (χ2n) is 5.00. The molecule has 2 N–H and O–H groups in total. The van der Waals surface area contributed by atoms with Crippen LogP contribution in [0.15, 0.2) is 18.2 Å². The standard InChI is InChI=1S/C13H17NO2/c1-8-5-4-6-10-11(8)9(7-14-10)13(2,3)12(15)16/h4-6,9,14H,7H2,1-3H3,(H,15,16). The molecule has 1 aliphatic heterocycles. The lowest BCUT2D eigenvalue weighted by molar-refractivity contribution is -0.148. The van der Waals surface area contributed by atoms with Crippen LogP contribution in [0.2, 0.25) is 0 Å². The summed E-state index contributed by atoms with van der Waals surface area (Å²) in [5, 5.41) is 12.6. The zero-order valence-corrected chi connectivity index (χ0v) is 9.87. The molecule has 86 valence electrons. The van der Waals surface area contributed by atoms with Crippen LogP contribution in [-0.4, -0.2) is 17.6 Å². The Balaban J connectivity index is 2.48. The van der Waals surface area contributed by atoms with Gasteiger partial charge in [0.05, 0.1) is 5.41 Å². The van der Waals surface area contributed by atoms with E-state index in [4.69, 9.17) is 0 Å². The fourth-order valence-corrected chi connectivity index (χ4v) is 2.38. The van der Waals surface area contributed by atoms with Crippen molar-refractivity contribution in [2.45, 2.75) is 26.7 Å². The van der Waals surface area contributed by atoms with Crippen LogP contribution in [0.5, 0.6) is 0 Å².